The number of aryl methyl sites for hydroxylation is 1. The van der Waals surface area contributed by atoms with Gasteiger partial charge in [0.15, 0.2) is 5.96 Å². The van der Waals surface area contributed by atoms with Crippen molar-refractivity contribution in [2.75, 3.05) is 13.6 Å². The summed E-state index contributed by atoms with van der Waals surface area (Å²) in [7, 11) is 1.80. The zero-order valence-electron chi connectivity index (χ0n) is 16.0. The Balaban J connectivity index is 1.62. The highest BCUT2D eigenvalue weighted by atomic mass is 16.5. The molecule has 0 fully saturated rings. The number of nitrogens with zero attached hydrogens (tertiary/aromatic N) is 2. The van der Waals surface area contributed by atoms with Gasteiger partial charge in [-0.05, 0) is 44.9 Å². The van der Waals surface area contributed by atoms with E-state index in [2.05, 4.69) is 52.7 Å². The van der Waals surface area contributed by atoms with Gasteiger partial charge < -0.3 is 15.4 Å². The highest BCUT2D eigenvalue weighted by Crippen LogP contribution is 2.39. The molecule has 0 bridgehead atoms. The fraction of sp³-hybridized carbons (Fsp3) is 0.429. The minimum atomic E-state index is -0.210. The number of aliphatic imine (C=N–C) groups is 1. The maximum absolute atomic E-state index is 6.11. The van der Waals surface area contributed by atoms with Crippen LogP contribution < -0.4 is 15.4 Å². The van der Waals surface area contributed by atoms with Crippen LogP contribution in [0, 0.1) is 6.92 Å². The summed E-state index contributed by atoms with van der Waals surface area (Å²) >= 11 is 0. The average molecular weight is 352 g/mol. The molecule has 1 atom stereocenters. The largest absolute Gasteiger partial charge is 0.487 e. The molecule has 3 rings (SSSR count). The highest BCUT2D eigenvalue weighted by molar-refractivity contribution is 5.80. The summed E-state index contributed by atoms with van der Waals surface area (Å²) in [6.45, 7) is 7.05. The Labute approximate surface area is 155 Å². The molecule has 1 aromatic heterocycles. The van der Waals surface area contributed by atoms with E-state index < -0.39 is 0 Å². The molecule has 1 aliphatic heterocycles. The molecule has 1 unspecified atom stereocenters. The van der Waals surface area contributed by atoms with Crippen LogP contribution in [-0.4, -0.2) is 30.1 Å². The Bertz CT molecular complexity index is 768. The SMILES string of the molecule is CN=C(NCCc1ccc(C)nc1)NC1CC(C)(C)Oc2ccccc21. The summed E-state index contributed by atoms with van der Waals surface area (Å²) in [6, 6.07) is 12.6. The van der Waals surface area contributed by atoms with Gasteiger partial charge in [0, 0.05) is 37.5 Å². The van der Waals surface area contributed by atoms with E-state index in [1.807, 2.05) is 31.3 Å². The van der Waals surface area contributed by atoms with Crippen molar-refractivity contribution in [3.63, 3.8) is 0 Å². The zero-order chi connectivity index (χ0) is 18.6. The van der Waals surface area contributed by atoms with E-state index in [0.717, 1.165) is 36.8 Å². The minimum Gasteiger partial charge on any atom is -0.487 e. The smallest absolute Gasteiger partial charge is 0.191 e. The van der Waals surface area contributed by atoms with Crippen LogP contribution in [0.2, 0.25) is 0 Å². The van der Waals surface area contributed by atoms with Crippen molar-refractivity contribution >= 4 is 5.96 Å². The van der Waals surface area contributed by atoms with Gasteiger partial charge in [-0.15, -0.1) is 0 Å². The Morgan fingerprint density at radius 3 is 2.81 bits per heavy atom. The number of pyridine rings is 1. The number of para-hydroxylation sites is 1. The molecule has 5 heteroatoms. The van der Waals surface area contributed by atoms with Crippen molar-refractivity contribution in [1.29, 1.82) is 0 Å². The maximum Gasteiger partial charge on any atom is 0.191 e. The number of ether oxygens (including phenoxy) is 1. The van der Waals surface area contributed by atoms with E-state index in [0.29, 0.717) is 0 Å². The molecule has 2 heterocycles. The summed E-state index contributed by atoms with van der Waals surface area (Å²) in [5, 5.41) is 6.96. The number of fused-ring (bicyclic) bond motifs is 1. The fourth-order valence-corrected chi connectivity index (χ4v) is 3.26. The monoisotopic (exact) mass is 352 g/mol. The van der Waals surface area contributed by atoms with Crippen LogP contribution in [0.1, 0.15) is 43.1 Å². The van der Waals surface area contributed by atoms with E-state index in [1.165, 1.54) is 11.1 Å². The van der Waals surface area contributed by atoms with Crippen molar-refractivity contribution in [2.45, 2.75) is 45.3 Å². The number of hydrogen-bond donors (Lipinski definition) is 2. The number of guanidine groups is 1. The molecule has 0 radical (unpaired) electrons. The molecule has 1 aliphatic rings. The normalized spacial score (nSPS) is 18.6. The topological polar surface area (TPSA) is 58.5 Å². The second-order valence-electron chi connectivity index (χ2n) is 7.36. The number of hydrogen-bond acceptors (Lipinski definition) is 3. The molecule has 1 aromatic carbocycles. The number of aromatic nitrogens is 1. The van der Waals surface area contributed by atoms with Crippen molar-refractivity contribution in [3.8, 4) is 5.75 Å². The van der Waals surface area contributed by atoms with Crippen LogP contribution in [-0.2, 0) is 6.42 Å². The van der Waals surface area contributed by atoms with Gasteiger partial charge in [0.25, 0.3) is 0 Å². The quantitative estimate of drug-likeness (QED) is 0.654. The van der Waals surface area contributed by atoms with Crippen molar-refractivity contribution in [2.24, 2.45) is 4.99 Å². The van der Waals surface area contributed by atoms with Crippen molar-refractivity contribution < 1.29 is 4.74 Å². The number of benzene rings is 1. The third kappa shape index (κ3) is 4.54. The van der Waals surface area contributed by atoms with E-state index in [-0.39, 0.29) is 11.6 Å². The van der Waals surface area contributed by atoms with Gasteiger partial charge in [-0.25, -0.2) is 0 Å². The lowest BCUT2D eigenvalue weighted by Gasteiger charge is -2.38. The van der Waals surface area contributed by atoms with Gasteiger partial charge in [0.1, 0.15) is 11.4 Å². The summed E-state index contributed by atoms with van der Waals surface area (Å²) in [4.78, 5) is 8.73. The van der Waals surface area contributed by atoms with Gasteiger partial charge in [0.05, 0.1) is 6.04 Å². The van der Waals surface area contributed by atoms with Gasteiger partial charge >= 0.3 is 0 Å². The average Bonchev–Trinajstić information content (AvgIpc) is 2.61. The molecule has 2 aromatic rings. The summed E-state index contributed by atoms with van der Waals surface area (Å²) in [5.74, 6) is 1.75. The molecule has 0 saturated carbocycles. The third-order valence-electron chi connectivity index (χ3n) is 4.59. The Kier molecular flexibility index (Phi) is 5.45. The van der Waals surface area contributed by atoms with Gasteiger partial charge in [-0.3, -0.25) is 9.98 Å². The maximum atomic E-state index is 6.11. The van der Waals surface area contributed by atoms with Crippen LogP contribution >= 0.6 is 0 Å². The van der Waals surface area contributed by atoms with Gasteiger partial charge in [-0.1, -0.05) is 24.3 Å². The molecule has 138 valence electrons. The van der Waals surface area contributed by atoms with Crippen molar-refractivity contribution in [3.05, 3.63) is 59.4 Å². The molecule has 0 amide bonds. The molecular formula is C21H28N4O. The lowest BCUT2D eigenvalue weighted by molar-refractivity contribution is 0.0694. The predicted octanol–water partition coefficient (Wildman–Crippen LogP) is 3.40. The summed E-state index contributed by atoms with van der Waals surface area (Å²) in [6.07, 6.45) is 3.72. The molecule has 0 aliphatic carbocycles. The predicted molar refractivity (Wildman–Crippen MR) is 106 cm³/mol. The van der Waals surface area contributed by atoms with E-state index in [4.69, 9.17) is 4.74 Å². The first-order valence-electron chi connectivity index (χ1n) is 9.13. The van der Waals surface area contributed by atoms with Gasteiger partial charge in [0.2, 0.25) is 0 Å². The van der Waals surface area contributed by atoms with Crippen molar-refractivity contribution in [1.82, 2.24) is 15.6 Å². The second-order valence-corrected chi connectivity index (χ2v) is 7.36. The lowest BCUT2D eigenvalue weighted by atomic mass is 9.90. The summed E-state index contributed by atoms with van der Waals surface area (Å²) < 4.78 is 6.11. The first kappa shape index (κ1) is 18.2. The van der Waals surface area contributed by atoms with Crippen LogP contribution in [0.3, 0.4) is 0 Å². The van der Waals surface area contributed by atoms with E-state index in [9.17, 15) is 0 Å². The molecule has 26 heavy (non-hydrogen) atoms. The van der Waals surface area contributed by atoms with E-state index in [1.54, 1.807) is 7.05 Å². The van der Waals surface area contributed by atoms with E-state index >= 15 is 0 Å². The fourth-order valence-electron chi connectivity index (χ4n) is 3.26. The molecule has 0 saturated heterocycles. The summed E-state index contributed by atoms with van der Waals surface area (Å²) in [5.41, 5.74) is 3.23. The second kappa shape index (κ2) is 7.77. The molecular weight excluding hydrogens is 324 g/mol. The Hall–Kier alpha value is -2.56. The van der Waals surface area contributed by atoms with Gasteiger partial charge in [-0.2, -0.15) is 0 Å². The Morgan fingerprint density at radius 2 is 2.08 bits per heavy atom. The Morgan fingerprint density at radius 1 is 1.27 bits per heavy atom. The number of rotatable bonds is 4. The standard InChI is InChI=1S/C21H28N4O/c1-15-9-10-16(14-24-15)11-12-23-20(22-4)25-18-13-21(2,3)26-19-8-6-5-7-17(18)19/h5-10,14,18H,11-13H2,1-4H3,(H2,22,23,25). The zero-order valence-corrected chi connectivity index (χ0v) is 16.0. The molecule has 0 spiro atoms. The molecule has 5 nitrogen and oxygen atoms in total. The molecule has 2 N–H and O–H groups in total. The third-order valence-corrected chi connectivity index (χ3v) is 4.59. The first-order valence-corrected chi connectivity index (χ1v) is 9.13. The van der Waals surface area contributed by atoms with Crippen LogP contribution in [0.5, 0.6) is 5.75 Å². The van der Waals surface area contributed by atoms with Crippen LogP contribution in [0.4, 0.5) is 0 Å². The minimum absolute atomic E-state index is 0.169. The number of nitrogens with one attached hydrogen (secondary N) is 2. The lowest BCUT2D eigenvalue weighted by Crippen LogP contribution is -2.45. The highest BCUT2D eigenvalue weighted by Gasteiger charge is 2.33. The first-order chi connectivity index (χ1) is 12.5. The van der Waals surface area contributed by atoms with Crippen LogP contribution in [0.25, 0.3) is 0 Å². The van der Waals surface area contributed by atoms with Crippen LogP contribution in [0.15, 0.2) is 47.6 Å².